The highest BCUT2D eigenvalue weighted by atomic mass is 32.2. The van der Waals surface area contributed by atoms with Gasteiger partial charge in [0.2, 0.25) is 5.89 Å². The first-order valence-electron chi connectivity index (χ1n) is 6.68. The van der Waals surface area contributed by atoms with E-state index in [2.05, 4.69) is 9.97 Å². The van der Waals surface area contributed by atoms with Gasteiger partial charge in [-0.1, -0.05) is 6.07 Å². The summed E-state index contributed by atoms with van der Waals surface area (Å²) in [5.41, 5.74) is 0.420. The summed E-state index contributed by atoms with van der Waals surface area (Å²) in [7, 11) is 0. The first-order valence-corrected chi connectivity index (χ1v) is 8.44. The maximum absolute atomic E-state index is 12.5. The summed E-state index contributed by atoms with van der Waals surface area (Å²) >= 11 is 1.67. The summed E-state index contributed by atoms with van der Waals surface area (Å²) in [6.07, 6.45) is 2.73. The van der Waals surface area contributed by atoms with Crippen LogP contribution in [0, 0.1) is 0 Å². The fourth-order valence-corrected chi connectivity index (χ4v) is 3.05. The number of alkyl halides is 2. The van der Waals surface area contributed by atoms with Crippen LogP contribution in [0.25, 0.3) is 10.8 Å². The van der Waals surface area contributed by atoms with Gasteiger partial charge in [-0.3, -0.25) is 0 Å². The molecule has 3 aromatic heterocycles. The molecule has 0 aliphatic carbocycles. The highest BCUT2D eigenvalue weighted by Gasteiger charge is 2.18. The van der Waals surface area contributed by atoms with Gasteiger partial charge in [-0.05, 0) is 35.3 Å². The third-order valence-corrected chi connectivity index (χ3v) is 4.41. The van der Waals surface area contributed by atoms with Crippen LogP contribution in [0.3, 0.4) is 0 Å². The molecule has 24 heavy (non-hydrogen) atoms. The van der Waals surface area contributed by atoms with Crippen LogP contribution in [0.5, 0.6) is 0 Å². The number of thioether (sulfide) groups is 1. The standard InChI is InChI=1S/C15H10F2N2O3S2/c16-15(17)24-13-10(3-1-5-18-13)14(20)22-8-9-7-21-12(19-9)11-4-2-6-23-11/h1-7,15H,8H2. The highest BCUT2D eigenvalue weighted by molar-refractivity contribution is 7.99. The maximum atomic E-state index is 12.5. The molecule has 0 N–H and O–H groups in total. The van der Waals surface area contributed by atoms with Crippen molar-refractivity contribution >= 4 is 29.1 Å². The van der Waals surface area contributed by atoms with Crippen molar-refractivity contribution in [2.75, 3.05) is 0 Å². The molecule has 0 radical (unpaired) electrons. The molecule has 3 heterocycles. The monoisotopic (exact) mass is 368 g/mol. The van der Waals surface area contributed by atoms with Gasteiger partial charge in [0.05, 0.1) is 10.4 Å². The van der Waals surface area contributed by atoms with Crippen LogP contribution >= 0.6 is 23.1 Å². The Labute approximate surface area is 143 Å². The molecule has 0 saturated carbocycles. The second-order valence-corrected chi connectivity index (χ2v) is 6.36. The minimum absolute atomic E-state index is 0.00947. The first kappa shape index (κ1) is 16.6. The van der Waals surface area contributed by atoms with E-state index in [9.17, 15) is 13.6 Å². The lowest BCUT2D eigenvalue weighted by Gasteiger charge is -2.06. The Balaban J connectivity index is 1.66. The van der Waals surface area contributed by atoms with Gasteiger partial charge in [-0.2, -0.15) is 8.78 Å². The molecule has 0 aromatic carbocycles. The molecule has 3 aromatic rings. The molecule has 0 spiro atoms. The zero-order chi connectivity index (χ0) is 16.9. The van der Waals surface area contributed by atoms with Crippen molar-refractivity contribution in [3.63, 3.8) is 0 Å². The third-order valence-electron chi connectivity index (χ3n) is 2.83. The molecule has 3 rings (SSSR count). The Hall–Kier alpha value is -2.26. The molecule has 0 unspecified atom stereocenters. The van der Waals surface area contributed by atoms with Gasteiger partial charge < -0.3 is 9.15 Å². The van der Waals surface area contributed by atoms with Crippen LogP contribution in [0.4, 0.5) is 8.78 Å². The molecule has 5 nitrogen and oxygen atoms in total. The number of pyridine rings is 1. The number of hydrogen-bond acceptors (Lipinski definition) is 7. The van der Waals surface area contributed by atoms with Gasteiger partial charge >= 0.3 is 5.97 Å². The Morgan fingerprint density at radius 3 is 3.00 bits per heavy atom. The number of oxazole rings is 1. The molecule has 0 amide bonds. The number of esters is 1. The fraction of sp³-hybridized carbons (Fsp3) is 0.133. The van der Waals surface area contributed by atoms with Gasteiger partial charge in [0, 0.05) is 6.20 Å². The minimum atomic E-state index is -2.67. The molecule has 124 valence electrons. The number of hydrogen-bond donors (Lipinski definition) is 0. The largest absolute Gasteiger partial charge is 0.455 e. The van der Waals surface area contributed by atoms with E-state index in [0.717, 1.165) is 4.88 Å². The smallest absolute Gasteiger partial charge is 0.341 e. The predicted molar refractivity (Wildman–Crippen MR) is 85.0 cm³/mol. The Morgan fingerprint density at radius 2 is 2.25 bits per heavy atom. The van der Waals surface area contributed by atoms with Crippen molar-refractivity contribution in [2.45, 2.75) is 17.4 Å². The van der Waals surface area contributed by atoms with Crippen molar-refractivity contribution in [1.82, 2.24) is 9.97 Å². The summed E-state index contributed by atoms with van der Waals surface area (Å²) in [5, 5.41) is 1.82. The van der Waals surface area contributed by atoms with E-state index in [1.165, 1.54) is 35.9 Å². The van der Waals surface area contributed by atoms with Crippen LogP contribution in [-0.4, -0.2) is 21.7 Å². The van der Waals surface area contributed by atoms with Gasteiger partial charge in [0.1, 0.15) is 23.6 Å². The quantitative estimate of drug-likeness (QED) is 0.472. The zero-order valence-corrected chi connectivity index (χ0v) is 13.7. The van der Waals surface area contributed by atoms with Crippen molar-refractivity contribution in [1.29, 1.82) is 0 Å². The lowest BCUT2D eigenvalue weighted by Crippen LogP contribution is -2.08. The average Bonchev–Trinajstić information content (AvgIpc) is 3.24. The van der Waals surface area contributed by atoms with Crippen LogP contribution in [0.2, 0.25) is 0 Å². The van der Waals surface area contributed by atoms with Crippen molar-refractivity contribution in [3.8, 4) is 10.8 Å². The summed E-state index contributed by atoms with van der Waals surface area (Å²) in [6.45, 7) is -0.124. The zero-order valence-electron chi connectivity index (χ0n) is 12.0. The molecule has 0 bridgehead atoms. The molecule has 0 atom stereocenters. The minimum Gasteiger partial charge on any atom is -0.455 e. The van der Waals surface area contributed by atoms with E-state index in [-0.39, 0.29) is 29.0 Å². The maximum Gasteiger partial charge on any atom is 0.341 e. The molecular weight excluding hydrogens is 358 g/mol. The highest BCUT2D eigenvalue weighted by Crippen LogP contribution is 2.27. The van der Waals surface area contributed by atoms with Crippen molar-refractivity contribution in [3.05, 3.63) is 53.4 Å². The average molecular weight is 368 g/mol. The number of carbonyl (C=O) groups is 1. The van der Waals surface area contributed by atoms with E-state index < -0.39 is 11.7 Å². The number of halogens is 2. The molecule has 0 saturated heterocycles. The third kappa shape index (κ3) is 3.98. The van der Waals surface area contributed by atoms with E-state index in [4.69, 9.17) is 9.15 Å². The van der Waals surface area contributed by atoms with E-state index >= 15 is 0 Å². The van der Waals surface area contributed by atoms with Crippen molar-refractivity contribution < 1.29 is 22.7 Å². The molecule has 0 aliphatic heterocycles. The lowest BCUT2D eigenvalue weighted by atomic mass is 10.3. The summed E-state index contributed by atoms with van der Waals surface area (Å²) in [5.74, 6) is -2.98. The Morgan fingerprint density at radius 1 is 1.38 bits per heavy atom. The number of carbonyl (C=O) groups excluding carboxylic acids is 1. The summed E-state index contributed by atoms with van der Waals surface area (Å²) < 4.78 is 35.4. The van der Waals surface area contributed by atoms with E-state index in [1.807, 2.05) is 17.5 Å². The number of thiophene rings is 1. The van der Waals surface area contributed by atoms with Crippen LogP contribution in [0.1, 0.15) is 16.1 Å². The number of nitrogens with zero attached hydrogens (tertiary/aromatic N) is 2. The Bertz CT molecular complexity index is 822. The number of rotatable bonds is 6. The summed E-state index contributed by atoms with van der Waals surface area (Å²) in [4.78, 5) is 20.9. The molecule has 0 fully saturated rings. The summed E-state index contributed by atoms with van der Waals surface area (Å²) in [6, 6.07) is 6.60. The van der Waals surface area contributed by atoms with Crippen LogP contribution in [-0.2, 0) is 11.3 Å². The molecular formula is C15H10F2N2O3S2. The second-order valence-electron chi connectivity index (χ2n) is 4.43. The van der Waals surface area contributed by atoms with Gasteiger partial charge in [0.25, 0.3) is 5.76 Å². The topological polar surface area (TPSA) is 65.2 Å². The van der Waals surface area contributed by atoms with Crippen LogP contribution < -0.4 is 0 Å². The van der Waals surface area contributed by atoms with Gasteiger partial charge in [-0.15, -0.1) is 11.3 Å². The normalized spacial score (nSPS) is 11.0. The lowest BCUT2D eigenvalue weighted by molar-refractivity contribution is 0.0462. The van der Waals surface area contributed by atoms with Crippen molar-refractivity contribution in [2.24, 2.45) is 0 Å². The Kier molecular flexibility index (Phi) is 5.21. The first-order chi connectivity index (χ1) is 11.6. The number of aromatic nitrogens is 2. The van der Waals surface area contributed by atoms with Gasteiger partial charge in [0.15, 0.2) is 0 Å². The molecule has 9 heteroatoms. The van der Waals surface area contributed by atoms with Crippen LogP contribution in [0.15, 0.2) is 51.5 Å². The van der Waals surface area contributed by atoms with Gasteiger partial charge in [-0.25, -0.2) is 14.8 Å². The van der Waals surface area contributed by atoms with E-state index in [1.54, 1.807) is 0 Å². The number of ether oxygens (including phenoxy) is 1. The predicted octanol–water partition coefficient (Wildman–Crippen LogP) is 4.47. The molecule has 0 aliphatic rings. The SMILES string of the molecule is O=C(OCc1coc(-c2cccs2)n1)c1cccnc1SC(F)F. The van der Waals surface area contributed by atoms with E-state index in [0.29, 0.717) is 11.6 Å². The second kappa shape index (κ2) is 7.54. The fourth-order valence-electron chi connectivity index (χ4n) is 1.83.